The van der Waals surface area contributed by atoms with Crippen LogP contribution in [-0.4, -0.2) is 4.98 Å². The molecule has 0 amide bonds. The van der Waals surface area contributed by atoms with Gasteiger partial charge in [0.15, 0.2) is 0 Å². The molecule has 3 nitrogen and oxygen atoms in total. The minimum Gasteiger partial charge on any atom is -0.437 e. The zero-order valence-corrected chi connectivity index (χ0v) is 9.69. The van der Waals surface area contributed by atoms with Gasteiger partial charge in [0.05, 0.1) is 23.2 Å². The summed E-state index contributed by atoms with van der Waals surface area (Å²) in [5.74, 6) is 0.988. The van der Waals surface area contributed by atoms with Crippen LogP contribution in [0.4, 0.5) is 0 Å². The van der Waals surface area contributed by atoms with Crippen molar-refractivity contribution in [3.05, 3.63) is 53.2 Å². The normalized spacial score (nSPS) is 9.65. The Balaban J connectivity index is 2.22. The number of hydrogen-bond donors (Lipinski definition) is 0. The average molecular weight is 245 g/mol. The third-order valence-corrected chi connectivity index (χ3v) is 2.40. The molecule has 0 radical (unpaired) electrons. The lowest BCUT2D eigenvalue weighted by atomic mass is 10.3. The topological polar surface area (TPSA) is 45.9 Å². The third kappa shape index (κ3) is 2.96. The van der Waals surface area contributed by atoms with E-state index < -0.39 is 0 Å². The highest BCUT2D eigenvalue weighted by Gasteiger charge is 2.03. The van der Waals surface area contributed by atoms with E-state index in [4.69, 9.17) is 21.6 Å². The van der Waals surface area contributed by atoms with Gasteiger partial charge in [-0.1, -0.05) is 29.8 Å². The van der Waals surface area contributed by atoms with Crippen molar-refractivity contribution in [2.75, 3.05) is 0 Å². The van der Waals surface area contributed by atoms with Crippen molar-refractivity contribution >= 4 is 11.6 Å². The van der Waals surface area contributed by atoms with Gasteiger partial charge in [-0.2, -0.15) is 5.26 Å². The molecule has 4 heteroatoms. The van der Waals surface area contributed by atoms with E-state index in [1.807, 2.05) is 18.2 Å². The van der Waals surface area contributed by atoms with Crippen LogP contribution in [-0.2, 0) is 6.42 Å². The lowest BCUT2D eigenvalue weighted by Gasteiger charge is -2.06. The maximum atomic E-state index is 8.59. The highest BCUT2D eigenvalue weighted by atomic mass is 35.5. The number of rotatable bonds is 3. The highest BCUT2D eigenvalue weighted by molar-refractivity contribution is 6.32. The second-order valence-corrected chi connectivity index (χ2v) is 3.74. The van der Waals surface area contributed by atoms with Gasteiger partial charge in [0.25, 0.3) is 0 Å². The molecule has 84 valence electrons. The van der Waals surface area contributed by atoms with Gasteiger partial charge in [0.2, 0.25) is 5.88 Å². The number of benzene rings is 1. The van der Waals surface area contributed by atoms with Crippen LogP contribution in [0.2, 0.25) is 5.02 Å². The van der Waals surface area contributed by atoms with Crippen molar-refractivity contribution in [1.29, 1.82) is 5.26 Å². The Kier molecular flexibility index (Phi) is 3.59. The largest absolute Gasteiger partial charge is 0.437 e. The number of para-hydroxylation sites is 1. The highest BCUT2D eigenvalue weighted by Crippen LogP contribution is 2.27. The van der Waals surface area contributed by atoms with E-state index in [2.05, 4.69) is 4.98 Å². The molecule has 1 heterocycles. The van der Waals surface area contributed by atoms with Crippen LogP contribution in [0, 0.1) is 11.3 Å². The van der Waals surface area contributed by atoms with Gasteiger partial charge in [0.1, 0.15) is 5.75 Å². The molecule has 1 aromatic carbocycles. The van der Waals surface area contributed by atoms with E-state index in [-0.39, 0.29) is 6.42 Å². The Labute approximate surface area is 104 Å². The van der Waals surface area contributed by atoms with Gasteiger partial charge < -0.3 is 4.74 Å². The molecule has 0 aliphatic carbocycles. The van der Waals surface area contributed by atoms with Crippen LogP contribution in [0.3, 0.4) is 0 Å². The Bertz CT molecular complexity index is 563. The predicted octanol–water partition coefficient (Wildman–Crippen LogP) is 3.59. The van der Waals surface area contributed by atoms with Crippen molar-refractivity contribution in [3.8, 4) is 17.7 Å². The second kappa shape index (κ2) is 5.33. The molecule has 0 aliphatic heterocycles. The second-order valence-electron chi connectivity index (χ2n) is 3.33. The number of pyridine rings is 1. The molecule has 17 heavy (non-hydrogen) atoms. The number of nitriles is 1. The number of aromatic nitrogens is 1. The van der Waals surface area contributed by atoms with E-state index in [1.54, 1.807) is 30.3 Å². The van der Waals surface area contributed by atoms with Crippen molar-refractivity contribution < 1.29 is 4.74 Å². The Morgan fingerprint density at radius 2 is 2.00 bits per heavy atom. The predicted molar refractivity (Wildman–Crippen MR) is 65.1 cm³/mol. The molecule has 0 saturated heterocycles. The first-order valence-electron chi connectivity index (χ1n) is 5.05. The first kappa shape index (κ1) is 11.4. The quantitative estimate of drug-likeness (QED) is 0.829. The SMILES string of the molecule is N#CCc1cccc(Oc2ccccc2Cl)n1. The summed E-state index contributed by atoms with van der Waals surface area (Å²) >= 11 is 5.97. The summed E-state index contributed by atoms with van der Waals surface area (Å²) in [6, 6.07) is 14.5. The van der Waals surface area contributed by atoms with Crippen molar-refractivity contribution in [2.45, 2.75) is 6.42 Å². The fourth-order valence-electron chi connectivity index (χ4n) is 1.33. The van der Waals surface area contributed by atoms with E-state index in [9.17, 15) is 0 Å². The van der Waals surface area contributed by atoms with Gasteiger partial charge in [-0.3, -0.25) is 0 Å². The molecule has 2 aromatic rings. The third-order valence-electron chi connectivity index (χ3n) is 2.09. The summed E-state index contributed by atoms with van der Waals surface area (Å²) in [4.78, 5) is 4.20. The molecule has 0 saturated carbocycles. The minimum absolute atomic E-state index is 0.264. The van der Waals surface area contributed by atoms with Crippen LogP contribution >= 0.6 is 11.6 Å². The van der Waals surface area contributed by atoms with E-state index in [0.717, 1.165) is 0 Å². The standard InChI is InChI=1S/C13H9ClN2O/c14-11-5-1-2-6-12(11)17-13-7-3-4-10(16-13)8-9-15/h1-7H,8H2. The molecule has 1 aromatic heterocycles. The van der Waals surface area contributed by atoms with Gasteiger partial charge in [-0.05, 0) is 18.2 Å². The molecule has 0 unspecified atom stereocenters. The monoisotopic (exact) mass is 244 g/mol. The maximum absolute atomic E-state index is 8.59. The minimum atomic E-state index is 0.264. The summed E-state index contributed by atoms with van der Waals surface area (Å²) in [5.41, 5.74) is 0.678. The molecular formula is C13H9ClN2O. The fourth-order valence-corrected chi connectivity index (χ4v) is 1.51. The fraction of sp³-hybridized carbons (Fsp3) is 0.0769. The average Bonchev–Trinajstić information content (AvgIpc) is 2.33. The summed E-state index contributed by atoms with van der Waals surface area (Å²) in [5, 5.41) is 9.12. The number of halogens is 1. The Morgan fingerprint density at radius 1 is 1.18 bits per heavy atom. The van der Waals surface area contributed by atoms with E-state index >= 15 is 0 Å². The zero-order chi connectivity index (χ0) is 12.1. The number of hydrogen-bond acceptors (Lipinski definition) is 3. The van der Waals surface area contributed by atoms with Gasteiger partial charge in [-0.25, -0.2) is 4.98 Å². The molecule has 0 aliphatic rings. The summed E-state index contributed by atoms with van der Waals surface area (Å²) in [6.45, 7) is 0. The van der Waals surface area contributed by atoms with Gasteiger partial charge in [-0.15, -0.1) is 0 Å². The lowest BCUT2D eigenvalue weighted by Crippen LogP contribution is -1.92. The van der Waals surface area contributed by atoms with Gasteiger partial charge in [0, 0.05) is 6.07 Å². The smallest absolute Gasteiger partial charge is 0.219 e. The summed E-state index contributed by atoms with van der Waals surface area (Å²) in [7, 11) is 0. The van der Waals surface area contributed by atoms with Crippen LogP contribution < -0.4 is 4.74 Å². The summed E-state index contributed by atoms with van der Waals surface area (Å²) < 4.78 is 5.54. The Hall–Kier alpha value is -2.05. The van der Waals surface area contributed by atoms with E-state index in [0.29, 0.717) is 22.3 Å². The van der Waals surface area contributed by atoms with Crippen molar-refractivity contribution in [3.63, 3.8) is 0 Å². The molecule has 0 fully saturated rings. The van der Waals surface area contributed by atoms with Crippen LogP contribution in [0.5, 0.6) is 11.6 Å². The van der Waals surface area contributed by atoms with Crippen LogP contribution in [0.1, 0.15) is 5.69 Å². The van der Waals surface area contributed by atoms with Crippen molar-refractivity contribution in [2.24, 2.45) is 0 Å². The molecule has 0 spiro atoms. The first-order chi connectivity index (χ1) is 8.29. The molecule has 0 atom stereocenters. The number of nitrogens with zero attached hydrogens (tertiary/aromatic N) is 2. The van der Waals surface area contributed by atoms with Gasteiger partial charge >= 0.3 is 0 Å². The van der Waals surface area contributed by atoms with E-state index in [1.165, 1.54) is 0 Å². The van der Waals surface area contributed by atoms with Crippen molar-refractivity contribution in [1.82, 2.24) is 4.98 Å². The Morgan fingerprint density at radius 3 is 2.76 bits per heavy atom. The number of ether oxygens (including phenoxy) is 1. The van der Waals surface area contributed by atoms with Crippen LogP contribution in [0.15, 0.2) is 42.5 Å². The molecule has 0 N–H and O–H groups in total. The summed E-state index contributed by atoms with van der Waals surface area (Å²) in [6.07, 6.45) is 0.264. The lowest BCUT2D eigenvalue weighted by molar-refractivity contribution is 0.461. The molecular weight excluding hydrogens is 236 g/mol. The first-order valence-corrected chi connectivity index (χ1v) is 5.42. The van der Waals surface area contributed by atoms with Crippen LogP contribution in [0.25, 0.3) is 0 Å². The zero-order valence-electron chi connectivity index (χ0n) is 8.93. The molecule has 0 bridgehead atoms. The maximum Gasteiger partial charge on any atom is 0.219 e. The molecule has 2 rings (SSSR count).